The van der Waals surface area contributed by atoms with E-state index in [0.717, 1.165) is 0 Å². The van der Waals surface area contributed by atoms with E-state index in [1.807, 2.05) is 0 Å². The monoisotopic (exact) mass is 270 g/mol. The lowest BCUT2D eigenvalue weighted by molar-refractivity contribution is 0.0600. The molecule has 2 unspecified atom stereocenters. The number of esters is 1. The molecule has 0 aromatic heterocycles. The first-order valence-electron chi connectivity index (χ1n) is 5.40. The number of rotatable bonds is 4. The second-order valence-electron chi connectivity index (χ2n) is 4.15. The second-order valence-corrected chi connectivity index (χ2v) is 5.86. The van der Waals surface area contributed by atoms with E-state index in [2.05, 4.69) is 9.46 Å². The van der Waals surface area contributed by atoms with Gasteiger partial charge in [-0.2, -0.15) is 0 Å². The molecule has 6 nitrogen and oxygen atoms in total. The summed E-state index contributed by atoms with van der Waals surface area (Å²) in [5, 5.41) is 0. The number of nitrogens with one attached hydrogen (secondary N) is 1. The minimum Gasteiger partial charge on any atom is -0.465 e. The minimum atomic E-state index is -3.63. The van der Waals surface area contributed by atoms with Crippen LogP contribution < -0.4 is 10.5 Å². The summed E-state index contributed by atoms with van der Waals surface area (Å²) >= 11 is 0. The smallest absolute Gasteiger partial charge is 0.337 e. The zero-order valence-corrected chi connectivity index (χ0v) is 10.6. The van der Waals surface area contributed by atoms with Gasteiger partial charge in [-0.3, -0.25) is 0 Å². The maximum absolute atomic E-state index is 12.0. The van der Waals surface area contributed by atoms with E-state index in [0.29, 0.717) is 6.42 Å². The molecule has 7 heteroatoms. The highest BCUT2D eigenvalue weighted by molar-refractivity contribution is 7.89. The van der Waals surface area contributed by atoms with Gasteiger partial charge in [0.1, 0.15) is 0 Å². The number of ether oxygens (including phenoxy) is 1. The van der Waals surface area contributed by atoms with E-state index in [9.17, 15) is 13.2 Å². The van der Waals surface area contributed by atoms with Crippen molar-refractivity contribution >= 4 is 16.0 Å². The van der Waals surface area contributed by atoms with E-state index >= 15 is 0 Å². The van der Waals surface area contributed by atoms with Gasteiger partial charge in [-0.25, -0.2) is 17.9 Å². The van der Waals surface area contributed by atoms with Gasteiger partial charge in [0, 0.05) is 12.1 Å². The molecule has 2 atom stereocenters. The van der Waals surface area contributed by atoms with Crippen molar-refractivity contribution in [2.45, 2.75) is 23.4 Å². The highest BCUT2D eigenvalue weighted by Crippen LogP contribution is 2.21. The van der Waals surface area contributed by atoms with Gasteiger partial charge >= 0.3 is 5.97 Å². The summed E-state index contributed by atoms with van der Waals surface area (Å²) in [5.74, 6) is -0.574. The van der Waals surface area contributed by atoms with E-state index in [4.69, 9.17) is 5.73 Å². The van der Waals surface area contributed by atoms with Crippen LogP contribution in [0, 0.1) is 0 Å². The van der Waals surface area contributed by atoms with Crippen molar-refractivity contribution in [3.8, 4) is 0 Å². The van der Waals surface area contributed by atoms with Crippen molar-refractivity contribution in [2.75, 3.05) is 7.11 Å². The van der Waals surface area contributed by atoms with Crippen LogP contribution in [0.15, 0.2) is 29.2 Å². The average molecular weight is 270 g/mol. The summed E-state index contributed by atoms with van der Waals surface area (Å²) in [7, 11) is -2.39. The van der Waals surface area contributed by atoms with Crippen LogP contribution in [0.25, 0.3) is 0 Å². The van der Waals surface area contributed by atoms with Crippen LogP contribution in [0.5, 0.6) is 0 Å². The lowest BCUT2D eigenvalue weighted by Gasteiger charge is -2.07. The largest absolute Gasteiger partial charge is 0.465 e. The second kappa shape index (κ2) is 4.68. The Morgan fingerprint density at radius 1 is 1.50 bits per heavy atom. The van der Waals surface area contributed by atoms with Crippen LogP contribution in [0.3, 0.4) is 0 Å². The van der Waals surface area contributed by atoms with Gasteiger partial charge in [-0.1, -0.05) is 6.07 Å². The Balaban J connectivity index is 2.24. The van der Waals surface area contributed by atoms with Gasteiger partial charge in [0.15, 0.2) is 0 Å². The van der Waals surface area contributed by atoms with Gasteiger partial charge in [0.05, 0.1) is 17.6 Å². The summed E-state index contributed by atoms with van der Waals surface area (Å²) in [6.07, 6.45) is 0.635. The fourth-order valence-corrected chi connectivity index (χ4v) is 2.87. The van der Waals surface area contributed by atoms with Crippen molar-refractivity contribution in [3.05, 3.63) is 29.8 Å². The first-order chi connectivity index (χ1) is 8.44. The lowest BCUT2D eigenvalue weighted by atomic mass is 10.2. The molecule has 0 spiro atoms. The van der Waals surface area contributed by atoms with Crippen LogP contribution in [-0.2, 0) is 14.8 Å². The highest BCUT2D eigenvalue weighted by atomic mass is 32.2. The maximum Gasteiger partial charge on any atom is 0.337 e. The summed E-state index contributed by atoms with van der Waals surface area (Å²) in [6, 6.07) is 5.35. The Labute approximate surface area is 105 Å². The van der Waals surface area contributed by atoms with Crippen LogP contribution in [0.1, 0.15) is 16.8 Å². The highest BCUT2D eigenvalue weighted by Gasteiger charge is 2.37. The maximum atomic E-state index is 12.0. The number of hydrogen-bond donors (Lipinski definition) is 2. The number of benzene rings is 1. The quantitative estimate of drug-likeness (QED) is 0.741. The van der Waals surface area contributed by atoms with Crippen LogP contribution >= 0.6 is 0 Å². The first kappa shape index (κ1) is 13.0. The number of carbonyl (C=O) groups excluding carboxylic acids is 1. The summed E-state index contributed by atoms with van der Waals surface area (Å²) in [6.45, 7) is 0. The molecule has 2 rings (SSSR count). The van der Waals surface area contributed by atoms with Crippen LogP contribution in [0.2, 0.25) is 0 Å². The predicted octanol–water partition coefficient (Wildman–Crippen LogP) is -0.149. The molecular weight excluding hydrogens is 256 g/mol. The molecule has 1 aromatic carbocycles. The molecule has 0 heterocycles. The Hall–Kier alpha value is -1.44. The molecule has 0 bridgehead atoms. The van der Waals surface area contributed by atoms with Crippen molar-refractivity contribution in [1.82, 2.24) is 4.72 Å². The first-order valence-corrected chi connectivity index (χ1v) is 6.88. The fourth-order valence-electron chi connectivity index (χ4n) is 1.53. The molecule has 1 saturated carbocycles. The molecule has 1 aliphatic rings. The molecule has 0 amide bonds. The van der Waals surface area contributed by atoms with E-state index in [-0.39, 0.29) is 22.5 Å². The van der Waals surface area contributed by atoms with Crippen LogP contribution in [0.4, 0.5) is 0 Å². The Kier molecular flexibility index (Phi) is 3.38. The summed E-state index contributed by atoms with van der Waals surface area (Å²) in [4.78, 5) is 11.4. The lowest BCUT2D eigenvalue weighted by Crippen LogP contribution is -2.29. The predicted molar refractivity (Wildman–Crippen MR) is 64.5 cm³/mol. The third-order valence-corrected chi connectivity index (χ3v) is 4.20. The third kappa shape index (κ3) is 2.69. The van der Waals surface area contributed by atoms with E-state index < -0.39 is 16.0 Å². The third-order valence-electron chi connectivity index (χ3n) is 2.71. The molecular formula is C11H14N2O4S. The fraction of sp³-hybridized carbons (Fsp3) is 0.364. The normalized spacial score (nSPS) is 22.6. The average Bonchev–Trinajstić information content (AvgIpc) is 3.03. The molecule has 1 aliphatic carbocycles. The van der Waals surface area contributed by atoms with Gasteiger partial charge in [0.25, 0.3) is 0 Å². The standard InChI is InChI=1S/C11H14N2O4S/c1-17-11(14)7-3-2-4-8(5-7)18(15,16)13-10-6-9(10)12/h2-5,9-10,13H,6,12H2,1H3. The molecule has 1 aromatic rings. The number of nitrogens with two attached hydrogens (primary N) is 1. The number of sulfonamides is 1. The Morgan fingerprint density at radius 2 is 2.17 bits per heavy atom. The molecule has 0 aliphatic heterocycles. The number of carbonyl (C=O) groups is 1. The SMILES string of the molecule is COC(=O)c1cccc(S(=O)(=O)NC2CC2N)c1. The number of methoxy groups -OCH3 is 1. The zero-order chi connectivity index (χ0) is 13.3. The van der Waals surface area contributed by atoms with E-state index in [1.165, 1.54) is 31.4 Å². The molecule has 18 heavy (non-hydrogen) atoms. The zero-order valence-electron chi connectivity index (χ0n) is 9.79. The van der Waals surface area contributed by atoms with Crippen molar-refractivity contribution in [2.24, 2.45) is 5.73 Å². The molecule has 3 N–H and O–H groups in total. The molecule has 98 valence electrons. The minimum absolute atomic E-state index is 0.0319. The summed E-state index contributed by atoms with van der Waals surface area (Å²) < 4.78 is 31.0. The van der Waals surface area contributed by atoms with E-state index in [1.54, 1.807) is 0 Å². The van der Waals surface area contributed by atoms with Gasteiger partial charge in [-0.15, -0.1) is 0 Å². The Bertz CT molecular complexity index is 570. The topological polar surface area (TPSA) is 98.5 Å². The number of hydrogen-bond acceptors (Lipinski definition) is 5. The van der Waals surface area contributed by atoms with Crippen molar-refractivity contribution in [3.63, 3.8) is 0 Å². The Morgan fingerprint density at radius 3 is 2.72 bits per heavy atom. The molecule has 1 fully saturated rings. The van der Waals surface area contributed by atoms with Crippen LogP contribution in [-0.4, -0.2) is 33.6 Å². The molecule has 0 saturated heterocycles. The molecule has 0 radical (unpaired) electrons. The van der Waals surface area contributed by atoms with Crippen molar-refractivity contribution < 1.29 is 17.9 Å². The summed E-state index contributed by atoms with van der Waals surface area (Å²) in [5.41, 5.74) is 5.75. The van der Waals surface area contributed by atoms with Gasteiger partial charge in [-0.05, 0) is 24.6 Å². The van der Waals surface area contributed by atoms with Gasteiger partial charge < -0.3 is 10.5 Å². The van der Waals surface area contributed by atoms with Gasteiger partial charge in [0.2, 0.25) is 10.0 Å². The van der Waals surface area contributed by atoms with Crippen molar-refractivity contribution in [1.29, 1.82) is 0 Å².